The fraction of sp³-hybridized carbons (Fsp3) is 0.500. The normalized spacial score (nSPS) is 20.9. The number of nitrogens with two attached hydrogens (primary N) is 1. The van der Waals surface area contributed by atoms with Crippen LogP contribution in [-0.4, -0.2) is 27.9 Å². The van der Waals surface area contributed by atoms with E-state index in [4.69, 9.17) is 10.3 Å². The van der Waals surface area contributed by atoms with Crippen LogP contribution in [0.4, 0.5) is 0 Å². The van der Waals surface area contributed by atoms with Crippen molar-refractivity contribution in [3.05, 3.63) is 86.2 Å². The molecule has 0 spiro atoms. The third kappa shape index (κ3) is 5.41. The molecule has 1 heterocycles. The number of aliphatic imine (C=N–C) groups is 2. The van der Waals surface area contributed by atoms with E-state index in [0.717, 1.165) is 65.5 Å². The predicted octanol–water partition coefficient (Wildman–Crippen LogP) is 5.31. The number of isocyanates is 2. The highest BCUT2D eigenvalue weighted by atomic mass is 16.5. The Morgan fingerprint density at radius 1 is 0.951 bits per heavy atom. The summed E-state index contributed by atoms with van der Waals surface area (Å²) < 4.78 is 7.65. The van der Waals surface area contributed by atoms with Crippen molar-refractivity contribution in [2.45, 2.75) is 102 Å². The number of nitrogens with zero attached hydrogens (tertiary/aromatic N) is 4. The lowest BCUT2D eigenvalue weighted by atomic mass is 9.67. The maximum Gasteiger partial charge on any atom is 0.459 e. The molecule has 2 aromatic carbocycles. The SMILES string of the molecule is CC(N=C=O)c1ccc2c(c1)CCc1cc(C(C)N=C=O)ccc1C2(C[C@H](C)N)c1nc(=O)on1C1CCCCC1. The molecule has 2 unspecified atom stereocenters. The Bertz CT molecular complexity index is 1490. The molecule has 1 aromatic heterocycles. The molecule has 2 aliphatic carbocycles. The number of benzene rings is 2. The summed E-state index contributed by atoms with van der Waals surface area (Å²) in [7, 11) is 0. The molecule has 0 bridgehead atoms. The van der Waals surface area contributed by atoms with E-state index >= 15 is 0 Å². The number of rotatable bonds is 8. The van der Waals surface area contributed by atoms with Crippen molar-refractivity contribution in [1.82, 2.24) is 9.72 Å². The molecule has 3 aromatic rings. The first-order valence-corrected chi connectivity index (χ1v) is 14.5. The number of aromatic nitrogens is 2. The second kappa shape index (κ2) is 11.9. The summed E-state index contributed by atoms with van der Waals surface area (Å²) in [6.45, 7) is 5.71. The topological polar surface area (TPSA) is 133 Å². The standard InChI is InChI=1S/C32H37N5O4/c1-20(33)17-32(30-36-31(40)41-37(30)27-7-5-4-6-8-27)28-13-11-23(21(2)34-18-38)15-25(28)9-10-26-16-24(12-14-29(26)32)22(3)35-19-39/h11-16,20-22,27H,4-10,17,33H2,1-3H3/t20-,21?,22?,32?/m0/s1. The van der Waals surface area contributed by atoms with Crippen LogP contribution in [-0.2, 0) is 27.8 Å². The molecule has 9 heteroatoms. The van der Waals surface area contributed by atoms with Gasteiger partial charge in [-0.05, 0) is 86.3 Å². The largest absolute Gasteiger partial charge is 0.459 e. The lowest BCUT2D eigenvalue weighted by Crippen LogP contribution is -2.40. The van der Waals surface area contributed by atoms with E-state index in [2.05, 4.69) is 39.2 Å². The maximum absolute atomic E-state index is 12.9. The van der Waals surface area contributed by atoms with E-state index in [-0.39, 0.29) is 24.2 Å². The highest BCUT2D eigenvalue weighted by molar-refractivity contribution is 5.57. The van der Waals surface area contributed by atoms with Crippen LogP contribution >= 0.6 is 0 Å². The lowest BCUT2D eigenvalue weighted by Gasteiger charge is -2.38. The molecule has 1 saturated carbocycles. The molecule has 0 aliphatic heterocycles. The summed E-state index contributed by atoms with van der Waals surface area (Å²) >= 11 is 0. The van der Waals surface area contributed by atoms with Crippen LogP contribution in [0.15, 0.2) is 55.7 Å². The Morgan fingerprint density at radius 2 is 1.49 bits per heavy atom. The van der Waals surface area contributed by atoms with E-state index in [1.165, 1.54) is 0 Å². The second-order valence-corrected chi connectivity index (χ2v) is 11.6. The minimum atomic E-state index is -0.871. The summed E-state index contributed by atoms with van der Waals surface area (Å²) in [5.41, 5.74) is 11.8. The van der Waals surface area contributed by atoms with E-state index in [1.807, 2.05) is 32.9 Å². The third-order valence-electron chi connectivity index (χ3n) is 8.80. The molecule has 5 rings (SSSR count). The van der Waals surface area contributed by atoms with E-state index in [1.54, 1.807) is 16.9 Å². The first kappa shape index (κ1) is 28.6. The molecular formula is C32H37N5O4. The maximum atomic E-state index is 12.9. The van der Waals surface area contributed by atoms with Gasteiger partial charge in [-0.25, -0.2) is 14.4 Å². The van der Waals surface area contributed by atoms with Crippen molar-refractivity contribution in [3.8, 4) is 0 Å². The fourth-order valence-corrected chi connectivity index (χ4v) is 6.88. The van der Waals surface area contributed by atoms with Gasteiger partial charge in [0, 0.05) is 6.04 Å². The minimum absolute atomic E-state index is 0.0384. The number of hydrogen-bond acceptors (Lipinski definition) is 8. The lowest BCUT2D eigenvalue weighted by molar-refractivity contribution is 0.156. The van der Waals surface area contributed by atoms with Gasteiger partial charge in [-0.15, -0.1) is 0 Å². The predicted molar refractivity (Wildman–Crippen MR) is 154 cm³/mol. The Morgan fingerprint density at radius 3 is 1.98 bits per heavy atom. The van der Waals surface area contributed by atoms with Crippen molar-refractivity contribution in [1.29, 1.82) is 0 Å². The van der Waals surface area contributed by atoms with Gasteiger partial charge < -0.3 is 10.3 Å². The Hall–Kier alpha value is -3.90. The average molecular weight is 556 g/mol. The summed E-state index contributed by atoms with van der Waals surface area (Å²) in [4.78, 5) is 47.5. The van der Waals surface area contributed by atoms with Crippen LogP contribution in [0.2, 0.25) is 0 Å². The van der Waals surface area contributed by atoms with Gasteiger partial charge >= 0.3 is 5.76 Å². The van der Waals surface area contributed by atoms with Gasteiger partial charge in [-0.3, -0.25) is 0 Å². The third-order valence-corrected chi connectivity index (χ3v) is 8.80. The van der Waals surface area contributed by atoms with E-state index in [0.29, 0.717) is 25.1 Å². The molecule has 9 nitrogen and oxygen atoms in total. The molecular weight excluding hydrogens is 518 g/mol. The molecule has 2 N–H and O–H groups in total. The summed E-state index contributed by atoms with van der Waals surface area (Å²) in [5, 5.41) is 0. The molecule has 0 amide bonds. The van der Waals surface area contributed by atoms with Gasteiger partial charge in [-0.2, -0.15) is 19.7 Å². The quantitative estimate of drug-likeness (QED) is 0.296. The van der Waals surface area contributed by atoms with Gasteiger partial charge in [0.15, 0.2) is 5.82 Å². The van der Waals surface area contributed by atoms with Gasteiger partial charge in [0.25, 0.3) is 0 Å². The first-order valence-electron chi connectivity index (χ1n) is 14.5. The van der Waals surface area contributed by atoms with Crippen molar-refractivity contribution in [2.24, 2.45) is 15.7 Å². The summed E-state index contributed by atoms with van der Waals surface area (Å²) in [5.74, 6) is -0.0346. The van der Waals surface area contributed by atoms with Crippen LogP contribution < -0.4 is 11.5 Å². The van der Waals surface area contributed by atoms with Gasteiger partial charge in [0.05, 0.1) is 23.5 Å². The first-order chi connectivity index (χ1) is 19.8. The van der Waals surface area contributed by atoms with Crippen LogP contribution in [0.3, 0.4) is 0 Å². The zero-order valence-corrected chi connectivity index (χ0v) is 23.9. The molecule has 0 radical (unpaired) electrons. The van der Waals surface area contributed by atoms with E-state index < -0.39 is 11.2 Å². The number of fused-ring (bicyclic) bond motifs is 2. The van der Waals surface area contributed by atoms with Gasteiger partial charge in [0.1, 0.15) is 0 Å². The van der Waals surface area contributed by atoms with Crippen LogP contribution in [0, 0.1) is 0 Å². The fourth-order valence-electron chi connectivity index (χ4n) is 6.88. The van der Waals surface area contributed by atoms with Crippen LogP contribution in [0.1, 0.15) is 117 Å². The number of aryl methyl sites for hydroxylation is 2. The summed E-state index contributed by atoms with van der Waals surface area (Å²) in [6, 6.07) is 11.5. The van der Waals surface area contributed by atoms with Gasteiger partial charge in [0.2, 0.25) is 12.2 Å². The molecule has 0 saturated heterocycles. The Balaban J connectivity index is 1.83. The highest BCUT2D eigenvalue weighted by Gasteiger charge is 2.47. The van der Waals surface area contributed by atoms with E-state index in [9.17, 15) is 14.4 Å². The smallest absolute Gasteiger partial charge is 0.328 e. The molecule has 3 atom stereocenters. The molecule has 2 aliphatic rings. The number of hydrogen-bond donors (Lipinski definition) is 1. The van der Waals surface area contributed by atoms with Crippen molar-refractivity contribution < 1.29 is 14.1 Å². The Kier molecular flexibility index (Phi) is 8.32. The summed E-state index contributed by atoms with van der Waals surface area (Å²) in [6.07, 6.45) is 10.4. The average Bonchev–Trinajstić information content (AvgIpc) is 3.31. The van der Waals surface area contributed by atoms with Crippen LogP contribution in [0.5, 0.6) is 0 Å². The molecule has 214 valence electrons. The molecule has 41 heavy (non-hydrogen) atoms. The van der Waals surface area contributed by atoms with Crippen LogP contribution in [0.25, 0.3) is 0 Å². The molecule has 1 fully saturated rings. The monoisotopic (exact) mass is 555 g/mol. The minimum Gasteiger partial charge on any atom is -0.328 e. The van der Waals surface area contributed by atoms with Crippen molar-refractivity contribution >= 4 is 12.2 Å². The van der Waals surface area contributed by atoms with Gasteiger partial charge in [-0.1, -0.05) is 55.7 Å². The highest BCUT2D eigenvalue weighted by Crippen LogP contribution is 2.49. The number of carbonyl (C=O) groups excluding carboxylic acids is 2. The van der Waals surface area contributed by atoms with Crippen molar-refractivity contribution in [3.63, 3.8) is 0 Å². The Labute approximate surface area is 239 Å². The second-order valence-electron chi connectivity index (χ2n) is 11.6. The van der Waals surface area contributed by atoms with Crippen molar-refractivity contribution in [2.75, 3.05) is 0 Å². The zero-order chi connectivity index (χ0) is 29.1. The zero-order valence-electron chi connectivity index (χ0n) is 23.9.